The van der Waals surface area contributed by atoms with Crippen molar-refractivity contribution in [3.63, 3.8) is 0 Å². The summed E-state index contributed by atoms with van der Waals surface area (Å²) in [6.45, 7) is 6.84. The van der Waals surface area contributed by atoms with Crippen LogP contribution < -0.4 is 5.73 Å². The van der Waals surface area contributed by atoms with Gasteiger partial charge in [0.25, 0.3) is 0 Å². The summed E-state index contributed by atoms with van der Waals surface area (Å²) in [5, 5.41) is 0. The Morgan fingerprint density at radius 3 is 2.68 bits per heavy atom. The lowest BCUT2D eigenvalue weighted by atomic mass is 9.64. The maximum absolute atomic E-state index is 13.3. The molecule has 0 aliphatic heterocycles. The zero-order valence-electron chi connectivity index (χ0n) is 12.3. The molecule has 1 saturated carbocycles. The summed E-state index contributed by atoms with van der Waals surface area (Å²) in [5.74, 6) is 1.14. The molecule has 1 fully saturated rings. The summed E-state index contributed by atoms with van der Waals surface area (Å²) in [7, 11) is 0. The molecular weight excluding hydrogens is 237 g/mol. The van der Waals surface area contributed by atoms with Crippen LogP contribution in [-0.2, 0) is 6.42 Å². The van der Waals surface area contributed by atoms with E-state index >= 15 is 0 Å². The van der Waals surface area contributed by atoms with Crippen molar-refractivity contribution in [3.8, 4) is 0 Å². The molecule has 0 aromatic heterocycles. The topological polar surface area (TPSA) is 26.0 Å². The quantitative estimate of drug-likeness (QED) is 0.870. The Morgan fingerprint density at radius 2 is 2.05 bits per heavy atom. The van der Waals surface area contributed by atoms with E-state index in [9.17, 15) is 4.39 Å². The first-order chi connectivity index (χ1) is 8.88. The zero-order valence-corrected chi connectivity index (χ0v) is 12.3. The predicted molar refractivity (Wildman–Crippen MR) is 78.4 cm³/mol. The van der Waals surface area contributed by atoms with Gasteiger partial charge in [-0.3, -0.25) is 0 Å². The summed E-state index contributed by atoms with van der Waals surface area (Å²) < 4.78 is 13.3. The molecule has 1 aromatic carbocycles. The molecule has 0 spiro atoms. The molecule has 1 nitrogen and oxygen atoms in total. The van der Waals surface area contributed by atoms with Crippen LogP contribution in [0.1, 0.15) is 45.6 Å². The molecule has 0 radical (unpaired) electrons. The van der Waals surface area contributed by atoms with Gasteiger partial charge in [-0.15, -0.1) is 0 Å². The average Bonchev–Trinajstić information content (AvgIpc) is 2.27. The molecule has 0 heterocycles. The first-order valence-corrected chi connectivity index (χ1v) is 7.38. The van der Waals surface area contributed by atoms with Gasteiger partial charge in [0.15, 0.2) is 0 Å². The van der Waals surface area contributed by atoms with Crippen molar-refractivity contribution in [2.24, 2.45) is 23.0 Å². The second kappa shape index (κ2) is 5.62. The number of halogens is 1. The minimum atomic E-state index is -0.144. The summed E-state index contributed by atoms with van der Waals surface area (Å²) in [4.78, 5) is 0. The van der Waals surface area contributed by atoms with Gasteiger partial charge in [0, 0.05) is 6.04 Å². The fourth-order valence-electron chi connectivity index (χ4n) is 3.70. The standard InChI is InChI=1S/C17H26FN/c1-12-7-8-15(16(19)9-12)17(2,3)11-13-5-4-6-14(18)10-13/h4-6,10,12,15-16H,7-9,11,19H2,1-3H3. The van der Waals surface area contributed by atoms with Gasteiger partial charge >= 0.3 is 0 Å². The lowest BCUT2D eigenvalue weighted by molar-refractivity contribution is 0.113. The van der Waals surface area contributed by atoms with E-state index in [0.29, 0.717) is 5.92 Å². The van der Waals surface area contributed by atoms with Gasteiger partial charge in [-0.1, -0.05) is 39.3 Å². The van der Waals surface area contributed by atoms with E-state index in [1.54, 1.807) is 12.1 Å². The largest absolute Gasteiger partial charge is 0.327 e. The third-order valence-corrected chi connectivity index (χ3v) is 4.71. The van der Waals surface area contributed by atoms with Gasteiger partial charge in [-0.25, -0.2) is 4.39 Å². The van der Waals surface area contributed by atoms with Gasteiger partial charge in [-0.2, -0.15) is 0 Å². The molecule has 106 valence electrons. The fraction of sp³-hybridized carbons (Fsp3) is 0.647. The Balaban J connectivity index is 2.09. The molecule has 1 aliphatic rings. The van der Waals surface area contributed by atoms with E-state index in [1.165, 1.54) is 18.9 Å². The lowest BCUT2D eigenvalue weighted by Crippen LogP contribution is -2.44. The van der Waals surface area contributed by atoms with Crippen molar-refractivity contribution in [1.82, 2.24) is 0 Å². The van der Waals surface area contributed by atoms with Gasteiger partial charge in [-0.05, 0) is 54.2 Å². The molecule has 1 aromatic rings. The van der Waals surface area contributed by atoms with Crippen LogP contribution in [-0.4, -0.2) is 6.04 Å². The average molecular weight is 263 g/mol. The lowest BCUT2D eigenvalue weighted by Gasteiger charge is -2.43. The van der Waals surface area contributed by atoms with Crippen molar-refractivity contribution in [2.75, 3.05) is 0 Å². The number of benzene rings is 1. The Hall–Kier alpha value is -0.890. The highest BCUT2D eigenvalue weighted by atomic mass is 19.1. The molecular formula is C17H26FN. The monoisotopic (exact) mass is 263 g/mol. The maximum Gasteiger partial charge on any atom is 0.123 e. The Labute approximate surface area is 116 Å². The maximum atomic E-state index is 13.3. The summed E-state index contributed by atoms with van der Waals surface area (Å²) in [6.07, 6.45) is 4.49. The third-order valence-electron chi connectivity index (χ3n) is 4.71. The van der Waals surface area contributed by atoms with Crippen LogP contribution in [0.15, 0.2) is 24.3 Å². The van der Waals surface area contributed by atoms with Crippen LogP contribution >= 0.6 is 0 Å². The SMILES string of the molecule is CC1CCC(C(C)(C)Cc2cccc(F)c2)C(N)C1. The highest BCUT2D eigenvalue weighted by molar-refractivity contribution is 5.18. The van der Waals surface area contributed by atoms with Crippen molar-refractivity contribution in [3.05, 3.63) is 35.6 Å². The molecule has 2 rings (SSSR count). The molecule has 3 atom stereocenters. The fourth-order valence-corrected chi connectivity index (χ4v) is 3.70. The van der Waals surface area contributed by atoms with Gasteiger partial charge in [0.05, 0.1) is 0 Å². The first kappa shape index (κ1) is 14.5. The smallest absolute Gasteiger partial charge is 0.123 e. The van der Waals surface area contributed by atoms with Crippen LogP contribution in [0.4, 0.5) is 4.39 Å². The minimum absolute atomic E-state index is 0.132. The number of rotatable bonds is 3. The molecule has 0 saturated heterocycles. The number of nitrogens with two attached hydrogens (primary N) is 1. The van der Waals surface area contributed by atoms with Crippen molar-refractivity contribution in [1.29, 1.82) is 0 Å². The summed E-state index contributed by atoms with van der Waals surface area (Å²) >= 11 is 0. The second-order valence-corrected chi connectivity index (χ2v) is 6.98. The third kappa shape index (κ3) is 3.56. The number of hydrogen-bond acceptors (Lipinski definition) is 1. The van der Waals surface area contributed by atoms with Crippen LogP contribution in [0.5, 0.6) is 0 Å². The van der Waals surface area contributed by atoms with Crippen LogP contribution in [0, 0.1) is 23.1 Å². The van der Waals surface area contributed by atoms with Crippen molar-refractivity contribution < 1.29 is 4.39 Å². The van der Waals surface area contributed by atoms with E-state index in [1.807, 2.05) is 6.07 Å². The van der Waals surface area contributed by atoms with Gasteiger partial charge in [0.1, 0.15) is 5.82 Å². The van der Waals surface area contributed by atoms with Crippen LogP contribution in [0.25, 0.3) is 0 Å². The van der Waals surface area contributed by atoms with Crippen LogP contribution in [0.3, 0.4) is 0 Å². The minimum Gasteiger partial charge on any atom is -0.327 e. The first-order valence-electron chi connectivity index (χ1n) is 7.38. The predicted octanol–water partition coefficient (Wildman–Crippen LogP) is 4.16. The molecule has 2 heteroatoms. The van der Waals surface area contributed by atoms with Gasteiger partial charge < -0.3 is 5.73 Å². The number of hydrogen-bond donors (Lipinski definition) is 1. The highest BCUT2D eigenvalue weighted by Crippen LogP contribution is 2.41. The van der Waals surface area contributed by atoms with E-state index in [2.05, 4.69) is 20.8 Å². The van der Waals surface area contributed by atoms with E-state index < -0.39 is 0 Å². The molecule has 19 heavy (non-hydrogen) atoms. The highest BCUT2D eigenvalue weighted by Gasteiger charge is 2.37. The molecule has 0 amide bonds. The molecule has 2 N–H and O–H groups in total. The van der Waals surface area contributed by atoms with Crippen LogP contribution in [0.2, 0.25) is 0 Å². The molecule has 1 aliphatic carbocycles. The van der Waals surface area contributed by atoms with Gasteiger partial charge in [0.2, 0.25) is 0 Å². The second-order valence-electron chi connectivity index (χ2n) is 6.98. The Morgan fingerprint density at radius 1 is 1.32 bits per heavy atom. The van der Waals surface area contributed by atoms with Crippen molar-refractivity contribution >= 4 is 0 Å². The van der Waals surface area contributed by atoms with E-state index in [4.69, 9.17) is 5.73 Å². The Kier molecular flexibility index (Phi) is 4.29. The van der Waals surface area contributed by atoms with Crippen molar-refractivity contribution in [2.45, 2.75) is 52.5 Å². The normalized spacial score (nSPS) is 28.4. The molecule has 3 unspecified atom stereocenters. The summed E-state index contributed by atoms with van der Waals surface area (Å²) in [6, 6.07) is 7.25. The molecule has 0 bridgehead atoms. The van der Waals surface area contributed by atoms with E-state index in [0.717, 1.165) is 24.3 Å². The summed E-state index contributed by atoms with van der Waals surface area (Å²) in [5.41, 5.74) is 7.58. The van der Waals surface area contributed by atoms with E-state index in [-0.39, 0.29) is 17.3 Å². The Bertz CT molecular complexity index is 427. The zero-order chi connectivity index (χ0) is 14.0.